The molecule has 2 atom stereocenters. The van der Waals surface area contributed by atoms with Crippen molar-refractivity contribution in [1.29, 1.82) is 0 Å². The molecular weight excluding hydrogens is 266 g/mol. The van der Waals surface area contributed by atoms with Gasteiger partial charge in [0, 0.05) is 18.0 Å². The minimum atomic E-state index is -0.296. The summed E-state index contributed by atoms with van der Waals surface area (Å²) in [6, 6.07) is 8.07. The molecule has 1 fully saturated rings. The number of amides is 1. The van der Waals surface area contributed by atoms with Crippen LogP contribution in [0.15, 0.2) is 28.7 Å². The zero-order valence-electron chi connectivity index (χ0n) is 12.4. The quantitative estimate of drug-likeness (QED) is 0.516. The SMILES string of the molecule is CC1CC(C)N(Cc2oc3ccccc3c2C(=O)NN)C1. The molecule has 2 heterocycles. The maximum absolute atomic E-state index is 12.1. The van der Waals surface area contributed by atoms with Gasteiger partial charge in [-0.05, 0) is 25.3 Å². The summed E-state index contributed by atoms with van der Waals surface area (Å²) >= 11 is 0. The number of hydrogen-bond donors (Lipinski definition) is 2. The molecule has 0 saturated carbocycles. The topological polar surface area (TPSA) is 71.5 Å². The van der Waals surface area contributed by atoms with Crippen LogP contribution < -0.4 is 11.3 Å². The predicted octanol–water partition coefficient (Wildman–Crippen LogP) is 2.27. The van der Waals surface area contributed by atoms with Crippen LogP contribution in [0.3, 0.4) is 0 Å². The summed E-state index contributed by atoms with van der Waals surface area (Å²) in [6.07, 6.45) is 1.18. The number of fused-ring (bicyclic) bond motifs is 1. The maximum atomic E-state index is 12.1. The first kappa shape index (κ1) is 14.1. The maximum Gasteiger partial charge on any atom is 0.269 e. The number of nitrogen functional groups attached to an aromatic ring is 1. The number of rotatable bonds is 3. The van der Waals surface area contributed by atoms with Crippen LogP contribution in [0.2, 0.25) is 0 Å². The number of benzene rings is 1. The molecule has 5 heteroatoms. The van der Waals surface area contributed by atoms with Crippen LogP contribution in [0.4, 0.5) is 0 Å². The highest BCUT2D eigenvalue weighted by molar-refractivity contribution is 6.07. The third-order valence-corrected chi connectivity index (χ3v) is 4.29. The molecule has 5 nitrogen and oxygen atoms in total. The van der Waals surface area contributed by atoms with Crippen molar-refractivity contribution in [2.24, 2.45) is 11.8 Å². The number of likely N-dealkylation sites (tertiary alicyclic amines) is 1. The Balaban J connectivity index is 1.99. The highest BCUT2D eigenvalue weighted by atomic mass is 16.3. The molecule has 1 aliphatic heterocycles. The molecule has 21 heavy (non-hydrogen) atoms. The number of furan rings is 1. The molecule has 0 bridgehead atoms. The Hall–Kier alpha value is -1.85. The lowest BCUT2D eigenvalue weighted by Gasteiger charge is -2.20. The van der Waals surface area contributed by atoms with Gasteiger partial charge in [-0.25, -0.2) is 5.84 Å². The van der Waals surface area contributed by atoms with Gasteiger partial charge in [0.2, 0.25) is 0 Å². The fourth-order valence-electron chi connectivity index (χ4n) is 3.32. The largest absolute Gasteiger partial charge is 0.459 e. The minimum Gasteiger partial charge on any atom is -0.459 e. The van der Waals surface area contributed by atoms with Crippen LogP contribution in [0.1, 0.15) is 36.4 Å². The second kappa shape index (κ2) is 5.50. The molecular formula is C16H21N3O2. The summed E-state index contributed by atoms with van der Waals surface area (Å²) in [4.78, 5) is 14.5. The number of nitrogens with one attached hydrogen (secondary N) is 1. The van der Waals surface area contributed by atoms with E-state index in [4.69, 9.17) is 10.3 Å². The third-order valence-electron chi connectivity index (χ3n) is 4.29. The summed E-state index contributed by atoms with van der Waals surface area (Å²) < 4.78 is 5.91. The number of hydrogen-bond acceptors (Lipinski definition) is 4. The van der Waals surface area contributed by atoms with Crippen LogP contribution in [-0.2, 0) is 6.54 Å². The van der Waals surface area contributed by atoms with Crippen molar-refractivity contribution in [2.45, 2.75) is 32.9 Å². The normalized spacial score (nSPS) is 22.8. The number of nitrogens with two attached hydrogens (primary N) is 1. The zero-order valence-corrected chi connectivity index (χ0v) is 12.4. The van der Waals surface area contributed by atoms with Gasteiger partial charge in [0.25, 0.3) is 5.91 Å². The molecule has 1 aliphatic rings. The molecule has 2 unspecified atom stereocenters. The highest BCUT2D eigenvalue weighted by Gasteiger charge is 2.29. The lowest BCUT2D eigenvalue weighted by molar-refractivity contribution is 0.0951. The standard InChI is InChI=1S/C16H21N3O2/c1-10-7-11(2)19(8-10)9-14-15(16(20)18-17)12-5-3-4-6-13(12)21-14/h3-6,10-11H,7-9,17H2,1-2H3,(H,18,20). The lowest BCUT2D eigenvalue weighted by Crippen LogP contribution is -2.32. The number of carbonyl (C=O) groups excluding carboxylic acids is 1. The number of hydrazine groups is 1. The van der Waals surface area contributed by atoms with E-state index in [1.807, 2.05) is 24.3 Å². The summed E-state index contributed by atoms with van der Waals surface area (Å²) in [5, 5.41) is 0.815. The fraction of sp³-hybridized carbons (Fsp3) is 0.438. The van der Waals surface area contributed by atoms with E-state index in [9.17, 15) is 4.79 Å². The highest BCUT2D eigenvalue weighted by Crippen LogP contribution is 2.30. The van der Waals surface area contributed by atoms with Gasteiger partial charge in [-0.1, -0.05) is 25.1 Å². The lowest BCUT2D eigenvalue weighted by atomic mass is 10.1. The predicted molar refractivity (Wildman–Crippen MR) is 81.5 cm³/mol. The second-order valence-electron chi connectivity index (χ2n) is 5.99. The monoisotopic (exact) mass is 287 g/mol. The van der Waals surface area contributed by atoms with Crippen molar-refractivity contribution in [1.82, 2.24) is 10.3 Å². The average molecular weight is 287 g/mol. The second-order valence-corrected chi connectivity index (χ2v) is 5.99. The van der Waals surface area contributed by atoms with Crippen LogP contribution >= 0.6 is 0 Å². The molecule has 3 rings (SSSR count). The Morgan fingerprint density at radius 2 is 2.19 bits per heavy atom. The van der Waals surface area contributed by atoms with Crippen LogP contribution in [0.25, 0.3) is 11.0 Å². The van der Waals surface area contributed by atoms with Gasteiger partial charge in [-0.15, -0.1) is 0 Å². The minimum absolute atomic E-state index is 0.296. The molecule has 1 saturated heterocycles. The van der Waals surface area contributed by atoms with Crippen molar-refractivity contribution in [3.63, 3.8) is 0 Å². The Bertz CT molecular complexity index is 665. The van der Waals surface area contributed by atoms with Gasteiger partial charge in [0.15, 0.2) is 0 Å². The smallest absolute Gasteiger partial charge is 0.269 e. The molecule has 3 N–H and O–H groups in total. The number of para-hydroxylation sites is 1. The van der Waals surface area contributed by atoms with Crippen molar-refractivity contribution >= 4 is 16.9 Å². The molecule has 1 aromatic heterocycles. The van der Waals surface area contributed by atoms with Crippen LogP contribution in [-0.4, -0.2) is 23.4 Å². The van der Waals surface area contributed by atoms with Gasteiger partial charge in [-0.3, -0.25) is 15.1 Å². The van der Waals surface area contributed by atoms with Crippen molar-refractivity contribution in [2.75, 3.05) is 6.54 Å². The van der Waals surface area contributed by atoms with Gasteiger partial charge in [0.05, 0.1) is 12.1 Å². The number of carbonyl (C=O) groups is 1. The third kappa shape index (κ3) is 2.54. The van der Waals surface area contributed by atoms with Crippen molar-refractivity contribution in [3.8, 4) is 0 Å². The van der Waals surface area contributed by atoms with E-state index in [1.165, 1.54) is 6.42 Å². The molecule has 0 spiro atoms. The summed E-state index contributed by atoms with van der Waals surface area (Å²) in [5.41, 5.74) is 3.51. The molecule has 112 valence electrons. The van der Waals surface area contributed by atoms with E-state index in [0.29, 0.717) is 29.8 Å². The van der Waals surface area contributed by atoms with Crippen LogP contribution in [0.5, 0.6) is 0 Å². The van der Waals surface area contributed by atoms with E-state index < -0.39 is 0 Å². The molecule has 2 aromatic rings. The van der Waals surface area contributed by atoms with E-state index in [2.05, 4.69) is 24.2 Å². The van der Waals surface area contributed by atoms with Gasteiger partial charge in [0.1, 0.15) is 11.3 Å². The first-order chi connectivity index (χ1) is 10.1. The van der Waals surface area contributed by atoms with Gasteiger partial charge < -0.3 is 4.42 Å². The van der Waals surface area contributed by atoms with Crippen molar-refractivity contribution < 1.29 is 9.21 Å². The van der Waals surface area contributed by atoms with Crippen molar-refractivity contribution in [3.05, 3.63) is 35.6 Å². The van der Waals surface area contributed by atoms with Gasteiger partial charge in [-0.2, -0.15) is 0 Å². The first-order valence-electron chi connectivity index (χ1n) is 7.35. The first-order valence-corrected chi connectivity index (χ1v) is 7.35. The summed E-state index contributed by atoms with van der Waals surface area (Å²) in [6.45, 7) is 6.14. The Labute approximate surface area is 124 Å². The van der Waals surface area contributed by atoms with E-state index >= 15 is 0 Å². The Kier molecular flexibility index (Phi) is 3.69. The van der Waals surface area contributed by atoms with Gasteiger partial charge >= 0.3 is 0 Å². The Morgan fingerprint density at radius 1 is 1.43 bits per heavy atom. The number of nitrogens with zero attached hydrogens (tertiary/aromatic N) is 1. The zero-order chi connectivity index (χ0) is 15.0. The summed E-state index contributed by atoms with van der Waals surface area (Å²) in [5.74, 6) is 6.40. The Morgan fingerprint density at radius 3 is 2.86 bits per heavy atom. The molecule has 0 radical (unpaired) electrons. The molecule has 0 aliphatic carbocycles. The summed E-state index contributed by atoms with van der Waals surface area (Å²) in [7, 11) is 0. The van der Waals surface area contributed by atoms with Crippen LogP contribution in [0, 0.1) is 5.92 Å². The van der Waals surface area contributed by atoms with E-state index in [0.717, 1.165) is 17.5 Å². The fourth-order valence-corrected chi connectivity index (χ4v) is 3.32. The van der Waals surface area contributed by atoms with E-state index in [1.54, 1.807) is 0 Å². The van der Waals surface area contributed by atoms with E-state index in [-0.39, 0.29) is 5.91 Å². The molecule has 1 aromatic carbocycles. The molecule has 1 amide bonds. The average Bonchev–Trinajstić information content (AvgIpc) is 2.98.